The second-order valence-corrected chi connectivity index (χ2v) is 6.27. The van der Waals surface area contributed by atoms with E-state index < -0.39 is 0 Å². The van der Waals surface area contributed by atoms with Crippen molar-refractivity contribution in [3.05, 3.63) is 28.2 Å². The van der Waals surface area contributed by atoms with Crippen molar-refractivity contribution in [1.82, 2.24) is 10.2 Å². The predicted molar refractivity (Wildman–Crippen MR) is 96.2 cm³/mol. The lowest BCUT2D eigenvalue weighted by atomic mass is 10.1. The smallest absolute Gasteiger partial charge is 0.239 e. The van der Waals surface area contributed by atoms with E-state index in [2.05, 4.69) is 21.2 Å². The van der Waals surface area contributed by atoms with E-state index in [1.165, 1.54) is 4.90 Å². The normalized spacial score (nSPS) is 10.3. The Balaban J connectivity index is 2.36. The van der Waals surface area contributed by atoms with Crippen LogP contribution < -0.4 is 10.1 Å². The fourth-order valence-electron chi connectivity index (χ4n) is 2.11. The van der Waals surface area contributed by atoms with Gasteiger partial charge in [-0.25, -0.2) is 0 Å². The van der Waals surface area contributed by atoms with Crippen LogP contribution in [0.4, 0.5) is 0 Å². The van der Waals surface area contributed by atoms with Gasteiger partial charge in [-0.15, -0.1) is 0 Å². The molecule has 7 heteroatoms. The van der Waals surface area contributed by atoms with Gasteiger partial charge in [0.2, 0.25) is 11.8 Å². The first kappa shape index (κ1) is 20.4. The van der Waals surface area contributed by atoms with Gasteiger partial charge in [-0.3, -0.25) is 9.59 Å². The Bertz CT molecular complexity index is 551. The Morgan fingerprint density at radius 2 is 2.04 bits per heavy atom. The van der Waals surface area contributed by atoms with Crippen molar-refractivity contribution >= 4 is 27.7 Å². The van der Waals surface area contributed by atoms with Crippen molar-refractivity contribution < 1.29 is 19.1 Å². The van der Waals surface area contributed by atoms with Gasteiger partial charge in [0, 0.05) is 33.7 Å². The summed E-state index contributed by atoms with van der Waals surface area (Å²) in [6.45, 7) is 1.22. The van der Waals surface area contributed by atoms with Gasteiger partial charge in [0.05, 0.1) is 18.1 Å². The van der Waals surface area contributed by atoms with Crippen LogP contribution in [0.1, 0.15) is 18.4 Å². The topological polar surface area (TPSA) is 67.9 Å². The SMILES string of the molecule is COCCCNC(=O)CN(C)C(=O)CCc1ccc(OC)c(Br)c1. The Labute approximate surface area is 151 Å². The number of carbonyl (C=O) groups is 2. The van der Waals surface area contributed by atoms with Gasteiger partial charge in [-0.2, -0.15) is 0 Å². The number of nitrogens with zero attached hydrogens (tertiary/aromatic N) is 1. The third-order valence-corrected chi connectivity index (χ3v) is 4.12. The first-order chi connectivity index (χ1) is 11.5. The number of nitrogens with one attached hydrogen (secondary N) is 1. The fraction of sp³-hybridized carbons (Fsp3) is 0.529. The second-order valence-electron chi connectivity index (χ2n) is 5.42. The van der Waals surface area contributed by atoms with E-state index in [0.717, 1.165) is 22.2 Å². The standard InChI is InChI=1S/C17H25BrN2O4/c1-20(12-16(21)19-9-4-10-23-2)17(22)8-6-13-5-7-15(24-3)14(18)11-13/h5,7,11H,4,6,8-10,12H2,1-3H3,(H,19,21). The van der Waals surface area contributed by atoms with Gasteiger partial charge in [-0.05, 0) is 46.5 Å². The molecule has 134 valence electrons. The van der Waals surface area contributed by atoms with Gasteiger partial charge in [0.25, 0.3) is 0 Å². The summed E-state index contributed by atoms with van der Waals surface area (Å²) >= 11 is 3.43. The van der Waals surface area contributed by atoms with Crippen molar-refractivity contribution in [3.63, 3.8) is 0 Å². The average Bonchev–Trinajstić information content (AvgIpc) is 2.56. The highest BCUT2D eigenvalue weighted by molar-refractivity contribution is 9.10. The van der Waals surface area contributed by atoms with Gasteiger partial charge in [0.1, 0.15) is 5.75 Å². The average molecular weight is 401 g/mol. The van der Waals surface area contributed by atoms with Crippen LogP contribution in [0.25, 0.3) is 0 Å². The number of amides is 2. The molecule has 6 nitrogen and oxygen atoms in total. The Hall–Kier alpha value is -1.60. The van der Waals surface area contributed by atoms with E-state index in [1.54, 1.807) is 21.3 Å². The molecule has 0 bridgehead atoms. The van der Waals surface area contributed by atoms with Gasteiger partial charge >= 0.3 is 0 Å². The number of rotatable bonds is 10. The lowest BCUT2D eigenvalue weighted by molar-refractivity contribution is -0.134. The molecular formula is C17H25BrN2O4. The third-order valence-electron chi connectivity index (χ3n) is 3.50. The maximum absolute atomic E-state index is 12.1. The molecule has 0 aliphatic carbocycles. The molecule has 1 aromatic rings. The number of hydrogen-bond donors (Lipinski definition) is 1. The highest BCUT2D eigenvalue weighted by Gasteiger charge is 2.13. The van der Waals surface area contributed by atoms with Crippen LogP contribution in [0, 0.1) is 0 Å². The summed E-state index contributed by atoms with van der Waals surface area (Å²) in [6.07, 6.45) is 1.72. The molecule has 0 aliphatic heterocycles. The monoisotopic (exact) mass is 400 g/mol. The summed E-state index contributed by atoms with van der Waals surface area (Å²) in [5.74, 6) is 0.537. The van der Waals surface area contributed by atoms with E-state index in [1.807, 2.05) is 18.2 Å². The molecule has 0 aromatic heterocycles. The third kappa shape index (κ3) is 7.31. The van der Waals surface area contributed by atoms with Gasteiger partial charge < -0.3 is 19.7 Å². The quantitative estimate of drug-likeness (QED) is 0.609. The summed E-state index contributed by atoms with van der Waals surface area (Å²) in [5.41, 5.74) is 1.04. The van der Waals surface area contributed by atoms with Crippen molar-refractivity contribution in [3.8, 4) is 5.75 Å². The first-order valence-electron chi connectivity index (χ1n) is 7.80. The van der Waals surface area contributed by atoms with E-state index in [0.29, 0.717) is 26.0 Å². The van der Waals surface area contributed by atoms with E-state index in [4.69, 9.17) is 9.47 Å². The highest BCUT2D eigenvalue weighted by atomic mass is 79.9. The van der Waals surface area contributed by atoms with Crippen molar-refractivity contribution in [2.24, 2.45) is 0 Å². The fourth-order valence-corrected chi connectivity index (χ4v) is 2.70. The van der Waals surface area contributed by atoms with Crippen molar-refractivity contribution in [2.75, 3.05) is 41.0 Å². The van der Waals surface area contributed by atoms with Crippen LogP contribution in [-0.2, 0) is 20.7 Å². The lowest BCUT2D eigenvalue weighted by Crippen LogP contribution is -2.38. The van der Waals surface area contributed by atoms with Crippen LogP contribution in [-0.4, -0.2) is 57.7 Å². The van der Waals surface area contributed by atoms with Crippen LogP contribution in [0.15, 0.2) is 22.7 Å². The number of hydrogen-bond acceptors (Lipinski definition) is 4. The number of likely N-dealkylation sites (N-methyl/N-ethyl adjacent to an activating group) is 1. The zero-order valence-electron chi connectivity index (χ0n) is 14.4. The zero-order valence-corrected chi connectivity index (χ0v) is 16.0. The summed E-state index contributed by atoms with van der Waals surface area (Å²) < 4.78 is 11.0. The molecule has 0 heterocycles. The maximum atomic E-state index is 12.1. The molecular weight excluding hydrogens is 376 g/mol. The molecule has 24 heavy (non-hydrogen) atoms. The molecule has 0 fully saturated rings. The number of methoxy groups -OCH3 is 2. The number of halogens is 1. The molecule has 1 aromatic carbocycles. The zero-order chi connectivity index (χ0) is 17.9. The predicted octanol–water partition coefficient (Wildman–Crippen LogP) is 2.00. The Morgan fingerprint density at radius 3 is 2.67 bits per heavy atom. The van der Waals surface area contributed by atoms with Crippen molar-refractivity contribution in [1.29, 1.82) is 0 Å². The summed E-state index contributed by atoms with van der Waals surface area (Å²) in [4.78, 5) is 25.3. The minimum Gasteiger partial charge on any atom is -0.496 e. The van der Waals surface area contributed by atoms with Crippen LogP contribution in [0.5, 0.6) is 5.75 Å². The highest BCUT2D eigenvalue weighted by Crippen LogP contribution is 2.26. The van der Waals surface area contributed by atoms with Crippen molar-refractivity contribution in [2.45, 2.75) is 19.3 Å². The second kappa shape index (κ2) is 11.0. The van der Waals surface area contributed by atoms with E-state index in [9.17, 15) is 9.59 Å². The van der Waals surface area contributed by atoms with Crippen LogP contribution >= 0.6 is 15.9 Å². The van der Waals surface area contributed by atoms with E-state index >= 15 is 0 Å². The first-order valence-corrected chi connectivity index (χ1v) is 8.59. The maximum Gasteiger partial charge on any atom is 0.239 e. The van der Waals surface area contributed by atoms with Crippen LogP contribution in [0.3, 0.4) is 0 Å². The summed E-state index contributed by atoms with van der Waals surface area (Å²) in [6, 6.07) is 5.73. The van der Waals surface area contributed by atoms with Crippen LogP contribution in [0.2, 0.25) is 0 Å². The van der Waals surface area contributed by atoms with Gasteiger partial charge in [0.15, 0.2) is 0 Å². The van der Waals surface area contributed by atoms with E-state index in [-0.39, 0.29) is 18.4 Å². The number of aryl methyl sites for hydroxylation is 1. The van der Waals surface area contributed by atoms with Gasteiger partial charge in [-0.1, -0.05) is 6.07 Å². The number of benzene rings is 1. The largest absolute Gasteiger partial charge is 0.496 e. The molecule has 0 saturated heterocycles. The lowest BCUT2D eigenvalue weighted by Gasteiger charge is -2.17. The number of carbonyl (C=O) groups excluding carboxylic acids is 2. The molecule has 0 atom stereocenters. The molecule has 0 spiro atoms. The molecule has 2 amide bonds. The summed E-state index contributed by atoms with van der Waals surface area (Å²) in [5, 5.41) is 2.76. The Morgan fingerprint density at radius 1 is 1.29 bits per heavy atom. The molecule has 0 aliphatic rings. The minimum atomic E-state index is -0.158. The molecule has 0 unspecified atom stereocenters. The molecule has 0 radical (unpaired) electrons. The number of ether oxygens (including phenoxy) is 2. The minimum absolute atomic E-state index is 0.0611. The Kier molecular flexibility index (Phi) is 9.41. The molecule has 1 N–H and O–H groups in total. The molecule has 0 saturated carbocycles. The molecule has 1 rings (SSSR count). The summed E-state index contributed by atoms with van der Waals surface area (Å²) in [7, 11) is 4.87.